The number of carbonyl (C=O) groups excluding carboxylic acids is 1. The normalized spacial score (nSPS) is 19.4. The minimum Gasteiger partial charge on any atom is -0.508 e. The summed E-state index contributed by atoms with van der Waals surface area (Å²) in [5.74, 6) is 0.239. The van der Waals surface area contributed by atoms with Crippen LogP contribution < -0.4 is 0 Å². The molecule has 0 spiro atoms. The molecule has 0 bridgehead atoms. The van der Waals surface area contributed by atoms with E-state index in [-0.39, 0.29) is 17.9 Å². The fourth-order valence-corrected chi connectivity index (χ4v) is 2.29. The third-order valence-corrected chi connectivity index (χ3v) is 3.26. The molecule has 1 aliphatic heterocycles. The molecule has 0 aliphatic carbocycles. The third-order valence-electron chi connectivity index (χ3n) is 3.26. The number of aromatic hydroxyl groups is 1. The highest BCUT2D eigenvalue weighted by Crippen LogP contribution is 2.19. The standard InChI is InChI=1S/C16H23NO4/c1-16(2,3)21-15(19)17-8-9-20-11-13(17)10-12-4-6-14(18)7-5-12/h4-7,13,18H,8-11H2,1-3H3/t13-/m0/s1. The third kappa shape index (κ3) is 4.63. The van der Waals surface area contributed by atoms with Gasteiger partial charge in [-0.2, -0.15) is 0 Å². The van der Waals surface area contributed by atoms with Crippen LogP contribution in [0.25, 0.3) is 0 Å². The molecule has 0 unspecified atom stereocenters. The molecule has 1 heterocycles. The van der Waals surface area contributed by atoms with Gasteiger partial charge in [0.15, 0.2) is 0 Å². The largest absolute Gasteiger partial charge is 0.508 e. The highest BCUT2D eigenvalue weighted by Gasteiger charge is 2.30. The van der Waals surface area contributed by atoms with E-state index in [4.69, 9.17) is 9.47 Å². The minimum absolute atomic E-state index is 0.0434. The number of benzene rings is 1. The molecule has 1 N–H and O–H groups in total. The maximum atomic E-state index is 12.3. The molecule has 1 fully saturated rings. The van der Waals surface area contributed by atoms with Crippen molar-refractivity contribution >= 4 is 6.09 Å². The van der Waals surface area contributed by atoms with Crippen molar-refractivity contribution in [2.45, 2.75) is 38.8 Å². The molecule has 5 heteroatoms. The van der Waals surface area contributed by atoms with Crippen molar-refractivity contribution in [2.24, 2.45) is 0 Å². The lowest BCUT2D eigenvalue weighted by atomic mass is 10.0. The van der Waals surface area contributed by atoms with E-state index in [9.17, 15) is 9.90 Å². The van der Waals surface area contributed by atoms with Gasteiger partial charge in [0.2, 0.25) is 0 Å². The van der Waals surface area contributed by atoms with Crippen LogP contribution in [0.15, 0.2) is 24.3 Å². The van der Waals surface area contributed by atoms with Gasteiger partial charge in [-0.3, -0.25) is 0 Å². The Hall–Kier alpha value is -1.75. The van der Waals surface area contributed by atoms with Gasteiger partial charge >= 0.3 is 6.09 Å². The molecule has 21 heavy (non-hydrogen) atoms. The van der Waals surface area contributed by atoms with Gasteiger partial charge in [-0.25, -0.2) is 4.79 Å². The number of phenolic OH excluding ortho intramolecular Hbond substituents is 1. The summed E-state index contributed by atoms with van der Waals surface area (Å²) >= 11 is 0. The lowest BCUT2D eigenvalue weighted by Crippen LogP contribution is -2.51. The number of amides is 1. The van der Waals surface area contributed by atoms with E-state index in [1.165, 1.54) is 0 Å². The van der Waals surface area contributed by atoms with E-state index in [0.29, 0.717) is 26.2 Å². The molecule has 0 radical (unpaired) electrons. The van der Waals surface area contributed by atoms with E-state index < -0.39 is 5.60 Å². The second-order valence-corrected chi connectivity index (χ2v) is 6.27. The predicted molar refractivity (Wildman–Crippen MR) is 79.4 cm³/mol. The molecule has 1 aromatic carbocycles. The molecule has 1 aromatic rings. The van der Waals surface area contributed by atoms with Crippen molar-refractivity contribution in [1.29, 1.82) is 0 Å². The Kier molecular flexibility index (Phi) is 4.73. The lowest BCUT2D eigenvalue weighted by Gasteiger charge is -2.36. The first-order valence-electron chi connectivity index (χ1n) is 7.20. The Balaban J connectivity index is 2.04. The van der Waals surface area contributed by atoms with Crippen LogP contribution in [-0.2, 0) is 15.9 Å². The number of hydrogen-bond acceptors (Lipinski definition) is 4. The molecule has 1 saturated heterocycles. The zero-order chi connectivity index (χ0) is 15.5. The second-order valence-electron chi connectivity index (χ2n) is 6.27. The molecule has 116 valence electrons. The molecule has 5 nitrogen and oxygen atoms in total. The van der Waals surface area contributed by atoms with Crippen LogP contribution in [-0.4, -0.2) is 47.5 Å². The number of ether oxygens (including phenoxy) is 2. The van der Waals surface area contributed by atoms with Crippen LogP contribution in [0.5, 0.6) is 5.75 Å². The SMILES string of the molecule is CC(C)(C)OC(=O)N1CCOC[C@@H]1Cc1ccc(O)cc1. The van der Waals surface area contributed by atoms with Crippen LogP contribution in [0, 0.1) is 0 Å². The first-order valence-corrected chi connectivity index (χ1v) is 7.20. The number of morpholine rings is 1. The van der Waals surface area contributed by atoms with Crippen LogP contribution in [0.3, 0.4) is 0 Å². The quantitative estimate of drug-likeness (QED) is 0.910. The summed E-state index contributed by atoms with van der Waals surface area (Å²) in [6.07, 6.45) is 0.383. The van der Waals surface area contributed by atoms with Crippen molar-refractivity contribution in [3.05, 3.63) is 29.8 Å². The highest BCUT2D eigenvalue weighted by molar-refractivity contribution is 5.68. The summed E-state index contributed by atoms with van der Waals surface area (Å²) < 4.78 is 10.9. The number of phenols is 1. The number of nitrogens with zero attached hydrogens (tertiary/aromatic N) is 1. The van der Waals surface area contributed by atoms with Gasteiger partial charge in [-0.1, -0.05) is 12.1 Å². The van der Waals surface area contributed by atoms with Crippen LogP contribution >= 0.6 is 0 Å². The van der Waals surface area contributed by atoms with Crippen molar-refractivity contribution < 1.29 is 19.4 Å². The summed E-state index contributed by atoms with van der Waals surface area (Å²) in [6, 6.07) is 6.97. The Labute approximate surface area is 125 Å². The summed E-state index contributed by atoms with van der Waals surface area (Å²) in [5.41, 5.74) is 0.551. The molecule has 1 aliphatic rings. The Bertz CT molecular complexity index is 478. The molecule has 1 amide bonds. The van der Waals surface area contributed by atoms with Crippen molar-refractivity contribution in [3.8, 4) is 5.75 Å². The van der Waals surface area contributed by atoms with E-state index in [0.717, 1.165) is 5.56 Å². The van der Waals surface area contributed by atoms with E-state index in [1.807, 2.05) is 32.9 Å². The van der Waals surface area contributed by atoms with Crippen molar-refractivity contribution in [3.63, 3.8) is 0 Å². The fraction of sp³-hybridized carbons (Fsp3) is 0.562. The first kappa shape index (κ1) is 15.6. The second kappa shape index (κ2) is 6.35. The topological polar surface area (TPSA) is 59.0 Å². The van der Waals surface area contributed by atoms with Gasteiger partial charge < -0.3 is 19.5 Å². The summed E-state index contributed by atoms with van der Waals surface area (Å²) in [4.78, 5) is 14.0. The Morgan fingerprint density at radius 3 is 2.67 bits per heavy atom. The molecular weight excluding hydrogens is 270 g/mol. The van der Waals surface area contributed by atoms with Crippen LogP contribution in [0.2, 0.25) is 0 Å². The zero-order valence-electron chi connectivity index (χ0n) is 12.8. The van der Waals surface area contributed by atoms with Gasteiger partial charge in [0.25, 0.3) is 0 Å². The van der Waals surface area contributed by atoms with E-state index in [2.05, 4.69) is 0 Å². The number of carbonyl (C=O) groups is 1. The Morgan fingerprint density at radius 2 is 2.05 bits per heavy atom. The summed E-state index contributed by atoms with van der Waals surface area (Å²) in [7, 11) is 0. The van der Waals surface area contributed by atoms with E-state index >= 15 is 0 Å². The summed E-state index contributed by atoms with van der Waals surface area (Å²) in [6.45, 7) is 7.16. The van der Waals surface area contributed by atoms with Crippen molar-refractivity contribution in [2.75, 3.05) is 19.8 Å². The van der Waals surface area contributed by atoms with Gasteiger partial charge in [-0.15, -0.1) is 0 Å². The van der Waals surface area contributed by atoms with Gasteiger partial charge in [0.05, 0.1) is 19.3 Å². The summed E-state index contributed by atoms with van der Waals surface area (Å²) in [5, 5.41) is 9.32. The molecule has 1 atom stereocenters. The zero-order valence-corrected chi connectivity index (χ0v) is 12.8. The lowest BCUT2D eigenvalue weighted by molar-refractivity contribution is -0.0319. The monoisotopic (exact) mass is 293 g/mol. The Morgan fingerprint density at radius 1 is 1.38 bits per heavy atom. The maximum Gasteiger partial charge on any atom is 0.410 e. The number of rotatable bonds is 2. The van der Waals surface area contributed by atoms with Gasteiger partial charge in [0, 0.05) is 6.54 Å². The molecule has 0 aromatic heterocycles. The molecule has 0 saturated carbocycles. The van der Waals surface area contributed by atoms with Crippen molar-refractivity contribution in [1.82, 2.24) is 4.90 Å². The maximum absolute atomic E-state index is 12.3. The van der Waals surface area contributed by atoms with E-state index in [1.54, 1.807) is 17.0 Å². The average Bonchev–Trinajstić information content (AvgIpc) is 2.40. The van der Waals surface area contributed by atoms with Gasteiger partial charge in [0.1, 0.15) is 11.4 Å². The van der Waals surface area contributed by atoms with Crippen LogP contribution in [0.1, 0.15) is 26.3 Å². The minimum atomic E-state index is -0.502. The fourth-order valence-electron chi connectivity index (χ4n) is 2.29. The molecule has 2 rings (SSSR count). The highest BCUT2D eigenvalue weighted by atomic mass is 16.6. The average molecular weight is 293 g/mol. The predicted octanol–water partition coefficient (Wildman–Crippen LogP) is 2.57. The van der Waals surface area contributed by atoms with Crippen LogP contribution in [0.4, 0.5) is 4.79 Å². The first-order chi connectivity index (χ1) is 9.85. The molecular formula is C16H23NO4. The smallest absolute Gasteiger partial charge is 0.410 e. The number of hydrogen-bond donors (Lipinski definition) is 1. The van der Waals surface area contributed by atoms with Gasteiger partial charge in [-0.05, 0) is 44.9 Å².